The molecule has 1 aromatic heterocycles. The summed E-state index contributed by atoms with van der Waals surface area (Å²) in [5.41, 5.74) is 9.69. The maximum absolute atomic E-state index is 13.2. The fourth-order valence-electron chi connectivity index (χ4n) is 3.72. The van der Waals surface area contributed by atoms with Gasteiger partial charge in [0.1, 0.15) is 5.82 Å². The second kappa shape index (κ2) is 6.36. The third kappa shape index (κ3) is 2.58. The van der Waals surface area contributed by atoms with E-state index in [2.05, 4.69) is 10.4 Å². The van der Waals surface area contributed by atoms with Crippen molar-refractivity contribution in [3.8, 4) is 0 Å². The summed E-state index contributed by atoms with van der Waals surface area (Å²) >= 11 is 0. The first-order valence-corrected chi connectivity index (χ1v) is 8.66. The number of carbonyl (C=O) groups is 2. The Morgan fingerprint density at radius 1 is 1.35 bits per heavy atom. The zero-order chi connectivity index (χ0) is 18.3. The summed E-state index contributed by atoms with van der Waals surface area (Å²) < 4.78 is 6.10. The molecule has 0 saturated carbocycles. The standard InChI is InChI=1S/C18H21N5O3/c1-26-18(25)22-9-7-15-13(10-22)16(19)23(21-15)17(24)12-6-8-20-14-5-3-2-4-11(12)14/h2-5,12,20H,6-10,19H2,1H3. The van der Waals surface area contributed by atoms with Crippen molar-refractivity contribution < 1.29 is 14.3 Å². The highest BCUT2D eigenvalue weighted by atomic mass is 16.5. The lowest BCUT2D eigenvalue weighted by molar-refractivity contribution is 0.0859. The molecule has 136 valence electrons. The van der Waals surface area contributed by atoms with Crippen LogP contribution in [0.25, 0.3) is 0 Å². The number of nitrogens with two attached hydrogens (primary N) is 1. The summed E-state index contributed by atoms with van der Waals surface area (Å²) in [7, 11) is 1.35. The molecule has 3 N–H and O–H groups in total. The van der Waals surface area contributed by atoms with Crippen molar-refractivity contribution in [2.24, 2.45) is 0 Å². The number of rotatable bonds is 1. The van der Waals surface area contributed by atoms with Gasteiger partial charge in [-0.2, -0.15) is 9.78 Å². The number of nitrogens with one attached hydrogen (secondary N) is 1. The predicted molar refractivity (Wildman–Crippen MR) is 96.1 cm³/mol. The molecule has 4 rings (SSSR count). The van der Waals surface area contributed by atoms with Crippen molar-refractivity contribution in [3.63, 3.8) is 0 Å². The molecule has 2 aromatic rings. The summed E-state index contributed by atoms with van der Waals surface area (Å²) in [6.45, 7) is 1.54. The van der Waals surface area contributed by atoms with Crippen molar-refractivity contribution in [3.05, 3.63) is 41.1 Å². The third-order valence-corrected chi connectivity index (χ3v) is 5.10. The number of nitrogens with zero attached hydrogens (tertiary/aromatic N) is 3. The van der Waals surface area contributed by atoms with Gasteiger partial charge in [0.25, 0.3) is 5.91 Å². The van der Waals surface area contributed by atoms with E-state index < -0.39 is 6.09 Å². The molecule has 1 atom stereocenters. The van der Waals surface area contributed by atoms with Crippen LogP contribution in [-0.2, 0) is 17.7 Å². The maximum atomic E-state index is 13.2. The molecule has 8 nitrogen and oxygen atoms in total. The topological polar surface area (TPSA) is 102 Å². The van der Waals surface area contributed by atoms with Gasteiger partial charge in [0, 0.05) is 30.8 Å². The quantitative estimate of drug-likeness (QED) is 0.809. The number of fused-ring (bicyclic) bond motifs is 2. The first-order valence-electron chi connectivity index (χ1n) is 8.66. The molecule has 26 heavy (non-hydrogen) atoms. The van der Waals surface area contributed by atoms with Crippen LogP contribution in [0.2, 0.25) is 0 Å². The van der Waals surface area contributed by atoms with Crippen molar-refractivity contribution in [1.29, 1.82) is 0 Å². The van der Waals surface area contributed by atoms with Gasteiger partial charge in [-0.15, -0.1) is 0 Å². The van der Waals surface area contributed by atoms with Crippen LogP contribution >= 0.6 is 0 Å². The molecule has 0 saturated heterocycles. The van der Waals surface area contributed by atoms with E-state index in [0.29, 0.717) is 31.7 Å². The van der Waals surface area contributed by atoms with Crippen LogP contribution in [0.5, 0.6) is 0 Å². The van der Waals surface area contributed by atoms with Gasteiger partial charge in [-0.25, -0.2) is 4.79 Å². The lowest BCUT2D eigenvalue weighted by atomic mass is 9.90. The smallest absolute Gasteiger partial charge is 0.409 e. The summed E-state index contributed by atoms with van der Waals surface area (Å²) in [6, 6.07) is 7.81. The van der Waals surface area contributed by atoms with Crippen LogP contribution in [-0.4, -0.2) is 46.9 Å². The second-order valence-corrected chi connectivity index (χ2v) is 6.56. The number of nitrogen functional groups attached to an aromatic ring is 1. The Labute approximate surface area is 150 Å². The van der Waals surface area contributed by atoms with Crippen LogP contribution < -0.4 is 11.1 Å². The highest BCUT2D eigenvalue weighted by Crippen LogP contribution is 2.34. The number of aromatic nitrogens is 2. The van der Waals surface area contributed by atoms with Gasteiger partial charge in [0.05, 0.1) is 25.3 Å². The number of carbonyl (C=O) groups excluding carboxylic acids is 2. The largest absolute Gasteiger partial charge is 0.453 e. The van der Waals surface area contributed by atoms with Gasteiger partial charge < -0.3 is 20.7 Å². The monoisotopic (exact) mass is 355 g/mol. The average molecular weight is 355 g/mol. The zero-order valence-corrected chi connectivity index (χ0v) is 14.6. The molecule has 1 aromatic carbocycles. The summed E-state index contributed by atoms with van der Waals surface area (Å²) in [5.74, 6) is -0.0992. The summed E-state index contributed by atoms with van der Waals surface area (Å²) in [4.78, 5) is 26.5. The Hall–Kier alpha value is -3.03. The highest BCUT2D eigenvalue weighted by molar-refractivity contribution is 5.90. The molecule has 3 heterocycles. The van der Waals surface area contributed by atoms with Crippen LogP contribution in [0, 0.1) is 0 Å². The van der Waals surface area contributed by atoms with Gasteiger partial charge in [0.15, 0.2) is 0 Å². The Balaban J connectivity index is 1.65. The second-order valence-electron chi connectivity index (χ2n) is 6.56. The molecule has 1 amide bonds. The normalized spacial score (nSPS) is 18.5. The minimum absolute atomic E-state index is 0.129. The Morgan fingerprint density at radius 3 is 2.96 bits per heavy atom. The molecule has 0 aliphatic carbocycles. The molecule has 2 aliphatic heterocycles. The van der Waals surface area contributed by atoms with E-state index in [0.717, 1.165) is 29.1 Å². The van der Waals surface area contributed by atoms with Crippen molar-refractivity contribution in [1.82, 2.24) is 14.7 Å². The fourth-order valence-corrected chi connectivity index (χ4v) is 3.72. The van der Waals surface area contributed by atoms with E-state index in [9.17, 15) is 9.59 Å². The van der Waals surface area contributed by atoms with E-state index in [1.165, 1.54) is 11.8 Å². The van der Waals surface area contributed by atoms with E-state index in [4.69, 9.17) is 10.5 Å². The lowest BCUT2D eigenvalue weighted by Gasteiger charge is -2.25. The maximum Gasteiger partial charge on any atom is 0.409 e. The number of benzene rings is 1. The van der Waals surface area contributed by atoms with Crippen LogP contribution in [0.15, 0.2) is 24.3 Å². The summed E-state index contributed by atoms with van der Waals surface area (Å²) in [6.07, 6.45) is 0.840. The van der Waals surface area contributed by atoms with Gasteiger partial charge >= 0.3 is 6.09 Å². The van der Waals surface area contributed by atoms with Gasteiger partial charge in [-0.3, -0.25) is 4.79 Å². The molecule has 8 heteroatoms. The number of para-hydroxylation sites is 1. The number of methoxy groups -OCH3 is 1. The number of amides is 1. The number of hydrogen-bond acceptors (Lipinski definition) is 6. The summed E-state index contributed by atoms with van der Waals surface area (Å²) in [5, 5.41) is 7.78. The first-order chi connectivity index (χ1) is 12.6. The minimum atomic E-state index is -0.401. The molecule has 0 radical (unpaired) electrons. The van der Waals surface area contributed by atoms with Gasteiger partial charge in [0.2, 0.25) is 0 Å². The molecule has 1 unspecified atom stereocenters. The number of hydrogen-bond donors (Lipinski definition) is 2. The van der Waals surface area contributed by atoms with E-state index in [-0.39, 0.29) is 11.8 Å². The highest BCUT2D eigenvalue weighted by Gasteiger charge is 2.33. The van der Waals surface area contributed by atoms with Crippen molar-refractivity contribution >= 4 is 23.5 Å². The SMILES string of the molecule is COC(=O)N1CCc2nn(C(=O)C3CCNc4ccccc43)c(N)c2C1. The Morgan fingerprint density at radius 2 is 2.15 bits per heavy atom. The van der Waals surface area contributed by atoms with Crippen LogP contribution in [0.1, 0.15) is 34.0 Å². The Bertz CT molecular complexity index is 876. The van der Waals surface area contributed by atoms with Crippen molar-refractivity contribution in [2.45, 2.75) is 25.3 Å². The molecular formula is C18H21N5O3. The first kappa shape index (κ1) is 16.4. The van der Waals surface area contributed by atoms with Crippen molar-refractivity contribution in [2.75, 3.05) is 31.2 Å². The number of anilines is 2. The minimum Gasteiger partial charge on any atom is -0.453 e. The van der Waals surface area contributed by atoms with Gasteiger partial charge in [-0.1, -0.05) is 18.2 Å². The predicted octanol–water partition coefficient (Wildman–Crippen LogP) is 1.83. The molecule has 0 bridgehead atoms. The Kier molecular flexibility index (Phi) is 4.02. The fraction of sp³-hybridized carbons (Fsp3) is 0.389. The van der Waals surface area contributed by atoms with E-state index in [1.807, 2.05) is 24.3 Å². The van der Waals surface area contributed by atoms with Gasteiger partial charge in [-0.05, 0) is 18.1 Å². The van der Waals surface area contributed by atoms with E-state index in [1.54, 1.807) is 4.90 Å². The number of ether oxygens (including phenoxy) is 1. The molecule has 0 fully saturated rings. The molecule has 2 aliphatic rings. The average Bonchev–Trinajstić information content (AvgIpc) is 3.02. The van der Waals surface area contributed by atoms with Crippen LogP contribution in [0.4, 0.5) is 16.3 Å². The molecular weight excluding hydrogens is 334 g/mol. The van der Waals surface area contributed by atoms with E-state index >= 15 is 0 Å². The zero-order valence-electron chi connectivity index (χ0n) is 14.6. The third-order valence-electron chi connectivity index (χ3n) is 5.10. The molecule has 0 spiro atoms. The van der Waals surface area contributed by atoms with Crippen LogP contribution in [0.3, 0.4) is 0 Å². The lowest BCUT2D eigenvalue weighted by Crippen LogP contribution is -2.35.